The van der Waals surface area contributed by atoms with E-state index in [1.807, 2.05) is 0 Å². The highest BCUT2D eigenvalue weighted by Crippen LogP contribution is 2.28. The Hall–Kier alpha value is -2.38. The lowest BCUT2D eigenvalue weighted by Gasteiger charge is -2.17. The largest absolute Gasteiger partial charge is 0.342 e. The van der Waals surface area contributed by atoms with Crippen molar-refractivity contribution in [2.75, 3.05) is 12.8 Å². The molecule has 0 atom stereocenters. The predicted molar refractivity (Wildman–Crippen MR) is 109 cm³/mol. The number of halogens is 2. The van der Waals surface area contributed by atoms with Crippen LogP contribution >= 0.6 is 23.4 Å². The van der Waals surface area contributed by atoms with Gasteiger partial charge in [0.2, 0.25) is 5.91 Å². The Morgan fingerprint density at radius 3 is 2.79 bits per heavy atom. The first-order valence-electron chi connectivity index (χ1n) is 8.81. The average molecular weight is 418 g/mol. The van der Waals surface area contributed by atoms with Gasteiger partial charge in [0.05, 0.1) is 27.4 Å². The summed E-state index contributed by atoms with van der Waals surface area (Å²) in [5, 5.41) is 0.718. The third-order valence-electron chi connectivity index (χ3n) is 4.72. The van der Waals surface area contributed by atoms with E-state index in [0.29, 0.717) is 27.8 Å². The van der Waals surface area contributed by atoms with Crippen LogP contribution in [0.15, 0.2) is 52.4 Å². The van der Waals surface area contributed by atoms with Crippen LogP contribution in [0.1, 0.15) is 12.8 Å². The van der Waals surface area contributed by atoms with E-state index < -0.39 is 5.82 Å². The predicted octanol–water partition coefficient (Wildman–Crippen LogP) is 3.89. The lowest BCUT2D eigenvalue weighted by atomic mass is 10.2. The van der Waals surface area contributed by atoms with E-state index in [9.17, 15) is 14.0 Å². The molecule has 144 valence electrons. The molecular formula is C20H17ClFN3O2S. The first-order chi connectivity index (χ1) is 13.5. The molecule has 0 radical (unpaired) electrons. The van der Waals surface area contributed by atoms with Crippen molar-refractivity contribution in [2.24, 2.45) is 0 Å². The number of nitrogens with zero attached hydrogens (tertiary/aromatic N) is 3. The van der Waals surface area contributed by atoms with Crippen molar-refractivity contribution in [3.8, 4) is 5.69 Å². The summed E-state index contributed by atoms with van der Waals surface area (Å²) >= 11 is 7.11. The van der Waals surface area contributed by atoms with Gasteiger partial charge in [-0.05, 0) is 43.2 Å². The summed E-state index contributed by atoms with van der Waals surface area (Å²) in [5.41, 5.74) is 0.654. The summed E-state index contributed by atoms with van der Waals surface area (Å²) < 4.78 is 15.0. The number of hydrogen-bond acceptors (Lipinski definition) is 4. The normalized spacial score (nSPS) is 13.7. The molecule has 0 aliphatic heterocycles. The average Bonchev–Trinajstić information content (AvgIpc) is 3.53. The van der Waals surface area contributed by atoms with Crippen LogP contribution in [0.25, 0.3) is 16.6 Å². The lowest BCUT2D eigenvalue weighted by Crippen LogP contribution is -2.30. The van der Waals surface area contributed by atoms with Gasteiger partial charge >= 0.3 is 0 Å². The molecule has 28 heavy (non-hydrogen) atoms. The van der Waals surface area contributed by atoms with Crippen LogP contribution in [0.4, 0.5) is 4.39 Å². The molecule has 0 saturated heterocycles. The fourth-order valence-electron chi connectivity index (χ4n) is 2.95. The number of carbonyl (C=O) groups excluding carboxylic acids is 1. The second-order valence-electron chi connectivity index (χ2n) is 6.67. The number of amides is 1. The summed E-state index contributed by atoms with van der Waals surface area (Å²) in [4.78, 5) is 31.8. The highest BCUT2D eigenvalue weighted by atomic mass is 35.5. The minimum Gasteiger partial charge on any atom is -0.342 e. The van der Waals surface area contributed by atoms with E-state index in [-0.39, 0.29) is 22.2 Å². The van der Waals surface area contributed by atoms with Gasteiger partial charge in [0.15, 0.2) is 5.16 Å². The molecule has 1 amide bonds. The van der Waals surface area contributed by atoms with Crippen molar-refractivity contribution in [3.05, 3.63) is 63.7 Å². The summed E-state index contributed by atoms with van der Waals surface area (Å²) in [6, 6.07) is 11.4. The van der Waals surface area contributed by atoms with Gasteiger partial charge in [-0.2, -0.15) is 0 Å². The lowest BCUT2D eigenvalue weighted by molar-refractivity contribution is -0.127. The van der Waals surface area contributed by atoms with Gasteiger partial charge in [-0.3, -0.25) is 14.2 Å². The first kappa shape index (κ1) is 19.0. The SMILES string of the molecule is CN(C(=O)CSc1nc2ccccc2c(=O)n1-c1ccc(F)c(Cl)c1)C1CC1. The summed E-state index contributed by atoms with van der Waals surface area (Å²) in [6.07, 6.45) is 2.06. The monoisotopic (exact) mass is 417 g/mol. The van der Waals surface area contributed by atoms with Crippen molar-refractivity contribution in [1.82, 2.24) is 14.5 Å². The van der Waals surface area contributed by atoms with Crippen LogP contribution in [0, 0.1) is 5.82 Å². The molecule has 1 saturated carbocycles. The van der Waals surface area contributed by atoms with Crippen molar-refractivity contribution in [2.45, 2.75) is 24.0 Å². The van der Waals surface area contributed by atoms with Crippen LogP contribution in [-0.2, 0) is 4.79 Å². The van der Waals surface area contributed by atoms with Gasteiger partial charge < -0.3 is 4.90 Å². The quantitative estimate of drug-likeness (QED) is 0.467. The summed E-state index contributed by atoms with van der Waals surface area (Å²) in [6.45, 7) is 0. The Morgan fingerprint density at radius 1 is 1.32 bits per heavy atom. The Morgan fingerprint density at radius 2 is 2.07 bits per heavy atom. The smallest absolute Gasteiger partial charge is 0.266 e. The fourth-order valence-corrected chi connectivity index (χ4v) is 4.07. The first-order valence-corrected chi connectivity index (χ1v) is 10.2. The number of fused-ring (bicyclic) bond motifs is 1. The second-order valence-corrected chi connectivity index (χ2v) is 8.02. The van der Waals surface area contributed by atoms with Crippen molar-refractivity contribution in [1.29, 1.82) is 0 Å². The topological polar surface area (TPSA) is 55.2 Å². The Bertz CT molecular complexity index is 1130. The fraction of sp³-hybridized carbons (Fsp3) is 0.250. The summed E-state index contributed by atoms with van der Waals surface area (Å²) in [7, 11) is 1.79. The molecule has 4 rings (SSSR count). The number of para-hydroxylation sites is 1. The van der Waals surface area contributed by atoms with Crippen LogP contribution < -0.4 is 5.56 Å². The third-order valence-corrected chi connectivity index (χ3v) is 5.93. The molecule has 1 aliphatic carbocycles. The van der Waals surface area contributed by atoms with Gasteiger partial charge in [-0.25, -0.2) is 9.37 Å². The Labute approximate surface area is 170 Å². The molecule has 0 bridgehead atoms. The number of benzene rings is 2. The molecule has 1 aromatic heterocycles. The minimum absolute atomic E-state index is 0.0152. The van der Waals surface area contributed by atoms with Crippen LogP contribution in [0.2, 0.25) is 5.02 Å². The highest BCUT2D eigenvalue weighted by Gasteiger charge is 2.29. The second kappa shape index (κ2) is 7.56. The molecule has 3 aromatic rings. The van der Waals surface area contributed by atoms with E-state index in [4.69, 9.17) is 11.6 Å². The molecule has 2 aromatic carbocycles. The van der Waals surface area contributed by atoms with E-state index in [2.05, 4.69) is 4.98 Å². The van der Waals surface area contributed by atoms with Gasteiger partial charge in [0.1, 0.15) is 5.82 Å². The molecule has 1 aliphatic rings. The van der Waals surface area contributed by atoms with Gasteiger partial charge in [0.25, 0.3) is 5.56 Å². The van der Waals surface area contributed by atoms with Crippen LogP contribution in [0.3, 0.4) is 0 Å². The van der Waals surface area contributed by atoms with Gasteiger partial charge in [-0.15, -0.1) is 0 Å². The van der Waals surface area contributed by atoms with E-state index in [1.165, 1.54) is 34.5 Å². The standard InChI is InChI=1S/C20H17ClFN3O2S/c1-24(12-6-7-12)18(26)11-28-20-23-17-5-3-2-4-14(17)19(27)25(20)13-8-9-16(22)15(21)10-13/h2-5,8-10,12H,6-7,11H2,1H3. The number of thioether (sulfide) groups is 1. The highest BCUT2D eigenvalue weighted by molar-refractivity contribution is 7.99. The van der Waals surface area contributed by atoms with E-state index >= 15 is 0 Å². The molecule has 5 nitrogen and oxygen atoms in total. The molecule has 0 unspecified atom stereocenters. The van der Waals surface area contributed by atoms with Gasteiger partial charge in [0, 0.05) is 13.1 Å². The van der Waals surface area contributed by atoms with Crippen molar-refractivity contribution >= 4 is 40.2 Å². The van der Waals surface area contributed by atoms with Crippen LogP contribution in [-0.4, -0.2) is 39.2 Å². The maximum absolute atomic E-state index is 13.6. The molecule has 0 spiro atoms. The number of hydrogen-bond donors (Lipinski definition) is 0. The van der Waals surface area contributed by atoms with Crippen molar-refractivity contribution < 1.29 is 9.18 Å². The van der Waals surface area contributed by atoms with E-state index in [0.717, 1.165) is 12.8 Å². The summed E-state index contributed by atoms with van der Waals surface area (Å²) in [5.74, 6) is -0.423. The Kier molecular flexibility index (Phi) is 5.12. The molecule has 1 heterocycles. The number of rotatable bonds is 5. The molecule has 0 N–H and O–H groups in total. The number of carbonyl (C=O) groups is 1. The van der Waals surface area contributed by atoms with Gasteiger partial charge in [-0.1, -0.05) is 35.5 Å². The third kappa shape index (κ3) is 3.64. The van der Waals surface area contributed by atoms with Crippen molar-refractivity contribution in [3.63, 3.8) is 0 Å². The molecular weight excluding hydrogens is 401 g/mol. The molecule has 8 heteroatoms. The zero-order chi connectivity index (χ0) is 19.8. The maximum atomic E-state index is 13.6. The van der Waals surface area contributed by atoms with E-state index in [1.54, 1.807) is 36.2 Å². The zero-order valence-corrected chi connectivity index (χ0v) is 16.6. The minimum atomic E-state index is -0.567. The maximum Gasteiger partial charge on any atom is 0.266 e. The van der Waals surface area contributed by atoms with Crippen LogP contribution in [0.5, 0.6) is 0 Å². The zero-order valence-electron chi connectivity index (χ0n) is 15.1. The Balaban J connectivity index is 1.77. The molecule has 1 fully saturated rings. The number of aromatic nitrogens is 2.